The van der Waals surface area contributed by atoms with Gasteiger partial charge in [0.1, 0.15) is 0 Å². The summed E-state index contributed by atoms with van der Waals surface area (Å²) in [6, 6.07) is 13.4. The van der Waals surface area contributed by atoms with Crippen LogP contribution in [0.25, 0.3) is 17.1 Å². The molecule has 1 N–H and O–H groups in total. The van der Waals surface area contributed by atoms with E-state index in [1.165, 1.54) is 16.8 Å². The molecule has 0 bridgehead atoms. The lowest BCUT2D eigenvalue weighted by molar-refractivity contribution is -0.137. The summed E-state index contributed by atoms with van der Waals surface area (Å²) in [5, 5.41) is 6.52. The van der Waals surface area contributed by atoms with E-state index in [4.69, 9.17) is 6.42 Å². The van der Waals surface area contributed by atoms with Crippen LogP contribution in [0.2, 0.25) is 0 Å². The predicted octanol–water partition coefficient (Wildman–Crippen LogP) is 3.32. The van der Waals surface area contributed by atoms with Crippen LogP contribution in [0.1, 0.15) is 16.2 Å². The highest BCUT2D eigenvalue weighted by Gasteiger charge is 2.31. The number of benzene rings is 2. The van der Waals surface area contributed by atoms with Gasteiger partial charge in [-0.15, -0.1) is 11.5 Å². The number of nitrogens with one attached hydrogen (secondary N) is 1. The standard InChI is InChI=1S/C19H13F3N4O/c1-2-11-23-18(27)16-24-17(13-7-4-3-5-8-13)26(25-16)15-10-6-9-14(12-15)19(20,21)22/h1,3-10,12H,11H2,(H,23,27). The molecule has 0 aliphatic carbocycles. The normalized spacial score (nSPS) is 11.0. The summed E-state index contributed by atoms with van der Waals surface area (Å²) in [5.41, 5.74) is -0.0987. The number of hydrogen-bond donors (Lipinski definition) is 1. The zero-order chi connectivity index (χ0) is 19.4. The maximum absolute atomic E-state index is 13.1. The van der Waals surface area contributed by atoms with E-state index in [2.05, 4.69) is 21.3 Å². The highest BCUT2D eigenvalue weighted by Crippen LogP contribution is 2.31. The topological polar surface area (TPSA) is 59.8 Å². The maximum Gasteiger partial charge on any atom is 0.416 e. The summed E-state index contributed by atoms with van der Waals surface area (Å²) in [7, 11) is 0. The van der Waals surface area contributed by atoms with Gasteiger partial charge in [-0.05, 0) is 18.2 Å². The van der Waals surface area contributed by atoms with E-state index in [9.17, 15) is 18.0 Å². The first-order chi connectivity index (χ1) is 12.9. The lowest BCUT2D eigenvalue weighted by atomic mass is 10.2. The highest BCUT2D eigenvalue weighted by molar-refractivity contribution is 5.91. The summed E-state index contributed by atoms with van der Waals surface area (Å²) in [5.74, 6) is 1.69. The molecule has 3 rings (SSSR count). The van der Waals surface area contributed by atoms with Crippen molar-refractivity contribution in [1.82, 2.24) is 20.1 Å². The van der Waals surface area contributed by atoms with E-state index < -0.39 is 17.6 Å². The van der Waals surface area contributed by atoms with Gasteiger partial charge in [-0.25, -0.2) is 9.67 Å². The van der Waals surface area contributed by atoms with Gasteiger partial charge in [-0.1, -0.05) is 42.3 Å². The van der Waals surface area contributed by atoms with Gasteiger partial charge in [-0.2, -0.15) is 13.2 Å². The first-order valence-electron chi connectivity index (χ1n) is 7.82. The van der Waals surface area contributed by atoms with Crippen molar-refractivity contribution in [2.45, 2.75) is 6.18 Å². The third-order valence-corrected chi connectivity index (χ3v) is 3.61. The Kier molecular flexibility index (Phi) is 4.94. The Labute approximate surface area is 152 Å². The molecular weight excluding hydrogens is 357 g/mol. The molecule has 1 aromatic heterocycles. The van der Waals surface area contributed by atoms with Gasteiger partial charge in [0.2, 0.25) is 5.82 Å². The number of rotatable bonds is 4. The quantitative estimate of drug-likeness (QED) is 0.717. The number of terminal acetylenes is 1. The first kappa shape index (κ1) is 18.2. The minimum absolute atomic E-state index is 0.0163. The molecule has 5 nitrogen and oxygen atoms in total. The first-order valence-corrected chi connectivity index (χ1v) is 7.82. The van der Waals surface area contributed by atoms with Crippen molar-refractivity contribution in [3.8, 4) is 29.4 Å². The number of aromatic nitrogens is 3. The van der Waals surface area contributed by atoms with E-state index >= 15 is 0 Å². The van der Waals surface area contributed by atoms with Crippen LogP contribution in [0.15, 0.2) is 54.6 Å². The molecule has 2 aromatic carbocycles. The molecule has 3 aromatic rings. The molecule has 0 radical (unpaired) electrons. The average Bonchev–Trinajstić information content (AvgIpc) is 3.12. The van der Waals surface area contributed by atoms with Crippen LogP contribution in [0, 0.1) is 12.3 Å². The Morgan fingerprint density at radius 2 is 1.89 bits per heavy atom. The zero-order valence-electron chi connectivity index (χ0n) is 13.9. The van der Waals surface area contributed by atoms with Crippen molar-refractivity contribution < 1.29 is 18.0 Å². The van der Waals surface area contributed by atoms with Crippen molar-refractivity contribution in [1.29, 1.82) is 0 Å². The summed E-state index contributed by atoms with van der Waals surface area (Å²) in [6.07, 6.45) is 0.609. The molecule has 136 valence electrons. The van der Waals surface area contributed by atoms with Gasteiger partial charge in [0, 0.05) is 5.56 Å². The molecule has 0 spiro atoms. The van der Waals surface area contributed by atoms with E-state index in [-0.39, 0.29) is 23.9 Å². The van der Waals surface area contributed by atoms with Crippen LogP contribution in [-0.4, -0.2) is 27.2 Å². The number of halogens is 3. The van der Waals surface area contributed by atoms with Gasteiger partial charge in [0.15, 0.2) is 5.82 Å². The number of nitrogens with zero attached hydrogens (tertiary/aromatic N) is 3. The second-order valence-electron chi connectivity index (χ2n) is 5.47. The van der Waals surface area contributed by atoms with Gasteiger partial charge >= 0.3 is 6.18 Å². The van der Waals surface area contributed by atoms with Crippen molar-refractivity contribution in [3.05, 3.63) is 66.0 Å². The SMILES string of the molecule is C#CCNC(=O)c1nc(-c2ccccc2)n(-c2cccc(C(F)(F)F)c2)n1. The summed E-state index contributed by atoms with van der Waals surface area (Å²) in [4.78, 5) is 16.3. The van der Waals surface area contributed by atoms with Gasteiger partial charge < -0.3 is 5.32 Å². The summed E-state index contributed by atoms with van der Waals surface area (Å²) in [6.45, 7) is -0.0163. The number of carbonyl (C=O) groups excluding carboxylic acids is 1. The van der Waals surface area contributed by atoms with Gasteiger partial charge in [0.25, 0.3) is 5.91 Å². The Morgan fingerprint density at radius 1 is 1.15 bits per heavy atom. The minimum Gasteiger partial charge on any atom is -0.338 e. The van der Waals surface area contributed by atoms with Crippen LogP contribution >= 0.6 is 0 Å². The van der Waals surface area contributed by atoms with Crippen LogP contribution in [0.5, 0.6) is 0 Å². The maximum atomic E-state index is 13.1. The molecule has 0 saturated heterocycles. The molecule has 1 heterocycles. The third kappa shape index (κ3) is 3.98. The molecule has 0 unspecified atom stereocenters. The molecule has 0 saturated carbocycles. The Morgan fingerprint density at radius 3 is 2.56 bits per heavy atom. The zero-order valence-corrected chi connectivity index (χ0v) is 13.9. The fourth-order valence-corrected chi connectivity index (χ4v) is 2.39. The monoisotopic (exact) mass is 370 g/mol. The largest absolute Gasteiger partial charge is 0.416 e. The molecule has 27 heavy (non-hydrogen) atoms. The summed E-state index contributed by atoms with van der Waals surface area (Å²) < 4.78 is 40.4. The number of alkyl halides is 3. The van der Waals surface area contributed by atoms with Crippen molar-refractivity contribution in [2.24, 2.45) is 0 Å². The smallest absolute Gasteiger partial charge is 0.338 e. The molecule has 1 amide bonds. The fraction of sp³-hybridized carbons (Fsp3) is 0.105. The van der Waals surface area contributed by atoms with Gasteiger partial charge in [0.05, 0.1) is 17.8 Å². The number of amides is 1. The molecular formula is C19H13F3N4O. The van der Waals surface area contributed by atoms with Crippen LogP contribution in [0.3, 0.4) is 0 Å². The Bertz CT molecular complexity index is 1000. The number of carbonyl (C=O) groups is 1. The minimum atomic E-state index is -4.50. The second-order valence-corrected chi connectivity index (χ2v) is 5.47. The lowest BCUT2D eigenvalue weighted by Crippen LogP contribution is -2.24. The van der Waals surface area contributed by atoms with Gasteiger partial charge in [-0.3, -0.25) is 4.79 Å². The van der Waals surface area contributed by atoms with Crippen molar-refractivity contribution >= 4 is 5.91 Å². The second kappa shape index (κ2) is 7.33. The fourth-order valence-electron chi connectivity index (χ4n) is 2.39. The van der Waals surface area contributed by atoms with Crippen molar-refractivity contribution in [2.75, 3.05) is 6.54 Å². The van der Waals surface area contributed by atoms with E-state index in [0.29, 0.717) is 5.56 Å². The van der Waals surface area contributed by atoms with Crippen LogP contribution < -0.4 is 5.32 Å². The highest BCUT2D eigenvalue weighted by atomic mass is 19.4. The Balaban J connectivity index is 2.12. The van der Waals surface area contributed by atoms with E-state index in [0.717, 1.165) is 12.1 Å². The Hall–Kier alpha value is -3.60. The van der Waals surface area contributed by atoms with Crippen LogP contribution in [-0.2, 0) is 6.18 Å². The molecule has 0 aliphatic heterocycles. The van der Waals surface area contributed by atoms with E-state index in [1.807, 2.05) is 0 Å². The molecule has 0 aliphatic rings. The average molecular weight is 370 g/mol. The van der Waals surface area contributed by atoms with Crippen LogP contribution in [0.4, 0.5) is 13.2 Å². The molecule has 0 fully saturated rings. The third-order valence-electron chi connectivity index (χ3n) is 3.61. The van der Waals surface area contributed by atoms with E-state index in [1.54, 1.807) is 30.3 Å². The summed E-state index contributed by atoms with van der Waals surface area (Å²) >= 11 is 0. The molecule has 8 heteroatoms. The number of hydrogen-bond acceptors (Lipinski definition) is 3. The van der Waals surface area contributed by atoms with Crippen molar-refractivity contribution in [3.63, 3.8) is 0 Å². The molecule has 0 atom stereocenters. The predicted molar refractivity (Wildman–Crippen MR) is 93.0 cm³/mol. The lowest BCUT2D eigenvalue weighted by Gasteiger charge is -2.10.